The van der Waals surface area contributed by atoms with Crippen molar-refractivity contribution in [1.29, 1.82) is 0 Å². The van der Waals surface area contributed by atoms with Crippen LogP contribution >= 0.6 is 15.9 Å². The first kappa shape index (κ1) is 17.5. The third kappa shape index (κ3) is 5.69. The lowest BCUT2D eigenvalue weighted by molar-refractivity contribution is 0.265. The standard InChI is InChI=1S/C18H22BrN3O/c1-20-18(21-11-14-6-5-9-17(19)10-14)22-12-16(13-23)15-7-3-2-4-8-15/h2-10,16,23H,11-13H2,1H3,(H2,20,21,22). The third-order valence-corrected chi connectivity index (χ3v) is 4.07. The molecule has 122 valence electrons. The van der Waals surface area contributed by atoms with Gasteiger partial charge in [-0.05, 0) is 23.3 Å². The van der Waals surface area contributed by atoms with E-state index in [1.807, 2.05) is 42.5 Å². The van der Waals surface area contributed by atoms with E-state index in [1.54, 1.807) is 7.05 Å². The molecule has 0 aliphatic heterocycles. The van der Waals surface area contributed by atoms with Gasteiger partial charge >= 0.3 is 0 Å². The number of guanidine groups is 1. The topological polar surface area (TPSA) is 56.7 Å². The number of nitrogens with zero attached hydrogens (tertiary/aromatic N) is 1. The van der Waals surface area contributed by atoms with Crippen LogP contribution < -0.4 is 10.6 Å². The Labute approximate surface area is 145 Å². The number of aliphatic hydroxyl groups is 1. The van der Waals surface area contributed by atoms with Gasteiger partial charge in [0.25, 0.3) is 0 Å². The minimum atomic E-state index is 0.0422. The predicted octanol–water partition coefficient (Wildman–Crippen LogP) is 2.89. The summed E-state index contributed by atoms with van der Waals surface area (Å²) >= 11 is 3.47. The number of nitrogens with one attached hydrogen (secondary N) is 2. The molecule has 3 N–H and O–H groups in total. The zero-order chi connectivity index (χ0) is 16.5. The summed E-state index contributed by atoms with van der Waals surface area (Å²) in [5.74, 6) is 0.764. The maximum Gasteiger partial charge on any atom is 0.191 e. The number of aliphatic imine (C=N–C) groups is 1. The first-order valence-electron chi connectivity index (χ1n) is 7.57. The first-order valence-corrected chi connectivity index (χ1v) is 8.37. The van der Waals surface area contributed by atoms with E-state index in [2.05, 4.69) is 43.7 Å². The molecule has 0 bridgehead atoms. The van der Waals surface area contributed by atoms with Crippen LogP contribution in [0.5, 0.6) is 0 Å². The molecule has 4 nitrogen and oxygen atoms in total. The van der Waals surface area contributed by atoms with Gasteiger partial charge < -0.3 is 15.7 Å². The normalized spacial score (nSPS) is 12.7. The molecule has 2 rings (SSSR count). The molecule has 0 aromatic heterocycles. The fourth-order valence-electron chi connectivity index (χ4n) is 2.29. The number of halogens is 1. The van der Waals surface area contributed by atoms with E-state index in [9.17, 15) is 5.11 Å². The second-order valence-corrected chi connectivity index (χ2v) is 6.14. The Morgan fingerprint density at radius 3 is 2.57 bits per heavy atom. The van der Waals surface area contributed by atoms with Gasteiger partial charge in [0, 0.05) is 30.5 Å². The first-order chi connectivity index (χ1) is 11.2. The van der Waals surface area contributed by atoms with Crippen LogP contribution in [-0.4, -0.2) is 31.3 Å². The molecule has 1 unspecified atom stereocenters. The minimum absolute atomic E-state index is 0.0422. The second-order valence-electron chi connectivity index (χ2n) is 5.23. The third-order valence-electron chi connectivity index (χ3n) is 3.58. The Morgan fingerprint density at radius 1 is 1.13 bits per heavy atom. The smallest absolute Gasteiger partial charge is 0.191 e. The Kier molecular flexibility index (Phi) is 7.10. The van der Waals surface area contributed by atoms with E-state index in [1.165, 1.54) is 5.56 Å². The van der Waals surface area contributed by atoms with Gasteiger partial charge in [0.2, 0.25) is 0 Å². The van der Waals surface area contributed by atoms with E-state index >= 15 is 0 Å². The van der Waals surface area contributed by atoms with Gasteiger partial charge in [-0.25, -0.2) is 0 Å². The lowest BCUT2D eigenvalue weighted by atomic mass is 10.0. The SMILES string of the molecule is CN=C(NCc1cccc(Br)c1)NCC(CO)c1ccccc1. The summed E-state index contributed by atoms with van der Waals surface area (Å²) in [4.78, 5) is 4.23. The Hall–Kier alpha value is -1.85. The zero-order valence-corrected chi connectivity index (χ0v) is 14.8. The summed E-state index contributed by atoms with van der Waals surface area (Å²) in [7, 11) is 1.74. The van der Waals surface area contributed by atoms with Crippen molar-refractivity contribution in [3.05, 3.63) is 70.2 Å². The van der Waals surface area contributed by atoms with Crippen molar-refractivity contribution in [2.75, 3.05) is 20.2 Å². The van der Waals surface area contributed by atoms with Crippen LogP contribution in [0.3, 0.4) is 0 Å². The number of benzene rings is 2. The van der Waals surface area contributed by atoms with Gasteiger partial charge in [-0.2, -0.15) is 0 Å². The van der Waals surface area contributed by atoms with Gasteiger partial charge in [-0.3, -0.25) is 4.99 Å². The number of aliphatic hydroxyl groups excluding tert-OH is 1. The van der Waals surface area contributed by atoms with Crippen LogP contribution in [0.1, 0.15) is 17.0 Å². The molecular weight excluding hydrogens is 354 g/mol. The van der Waals surface area contributed by atoms with E-state index in [-0.39, 0.29) is 12.5 Å². The van der Waals surface area contributed by atoms with Crippen LogP contribution in [0.4, 0.5) is 0 Å². The fourth-order valence-corrected chi connectivity index (χ4v) is 2.73. The van der Waals surface area contributed by atoms with E-state index in [0.29, 0.717) is 13.1 Å². The van der Waals surface area contributed by atoms with Crippen molar-refractivity contribution < 1.29 is 5.11 Å². The lowest BCUT2D eigenvalue weighted by Crippen LogP contribution is -2.39. The van der Waals surface area contributed by atoms with Gasteiger partial charge in [0.1, 0.15) is 0 Å². The van der Waals surface area contributed by atoms with E-state index in [0.717, 1.165) is 16.0 Å². The highest BCUT2D eigenvalue weighted by Gasteiger charge is 2.10. The molecular formula is C18H22BrN3O. The highest BCUT2D eigenvalue weighted by atomic mass is 79.9. The molecule has 0 amide bonds. The van der Waals surface area contributed by atoms with E-state index < -0.39 is 0 Å². The summed E-state index contributed by atoms with van der Waals surface area (Å²) in [5.41, 5.74) is 2.29. The Morgan fingerprint density at radius 2 is 1.91 bits per heavy atom. The van der Waals surface area contributed by atoms with Crippen LogP contribution in [0, 0.1) is 0 Å². The number of rotatable bonds is 6. The summed E-state index contributed by atoms with van der Waals surface area (Å²) in [6.07, 6.45) is 0. The maximum atomic E-state index is 9.60. The van der Waals surface area contributed by atoms with Crippen LogP contribution in [-0.2, 0) is 6.54 Å². The molecule has 0 spiro atoms. The maximum absolute atomic E-state index is 9.60. The van der Waals surface area contributed by atoms with Gasteiger partial charge in [0.05, 0.1) is 6.61 Å². The molecule has 5 heteroatoms. The monoisotopic (exact) mass is 375 g/mol. The summed E-state index contributed by atoms with van der Waals surface area (Å²) in [5, 5.41) is 16.1. The molecule has 23 heavy (non-hydrogen) atoms. The lowest BCUT2D eigenvalue weighted by Gasteiger charge is -2.18. The van der Waals surface area contributed by atoms with Crippen LogP contribution in [0.15, 0.2) is 64.1 Å². The second kappa shape index (κ2) is 9.33. The van der Waals surface area contributed by atoms with E-state index in [4.69, 9.17) is 0 Å². The molecule has 2 aromatic rings. The predicted molar refractivity (Wildman–Crippen MR) is 98.6 cm³/mol. The van der Waals surface area contributed by atoms with Crippen LogP contribution in [0.25, 0.3) is 0 Å². The molecule has 0 saturated heterocycles. The molecule has 0 saturated carbocycles. The number of hydrogen-bond donors (Lipinski definition) is 3. The van der Waals surface area contributed by atoms with Crippen molar-refractivity contribution in [2.45, 2.75) is 12.5 Å². The molecule has 0 aliphatic carbocycles. The van der Waals surface area contributed by atoms with Gasteiger partial charge in [-0.1, -0.05) is 58.4 Å². The fraction of sp³-hybridized carbons (Fsp3) is 0.278. The average molecular weight is 376 g/mol. The molecule has 0 aliphatic rings. The summed E-state index contributed by atoms with van der Waals surface area (Å²) < 4.78 is 1.06. The molecule has 0 fully saturated rings. The molecule has 0 heterocycles. The van der Waals surface area contributed by atoms with Gasteiger partial charge in [-0.15, -0.1) is 0 Å². The molecule has 2 aromatic carbocycles. The van der Waals surface area contributed by atoms with Crippen molar-refractivity contribution in [3.8, 4) is 0 Å². The van der Waals surface area contributed by atoms with Crippen molar-refractivity contribution in [3.63, 3.8) is 0 Å². The largest absolute Gasteiger partial charge is 0.396 e. The quantitative estimate of drug-likeness (QED) is 0.537. The van der Waals surface area contributed by atoms with Crippen molar-refractivity contribution in [2.24, 2.45) is 4.99 Å². The number of hydrogen-bond acceptors (Lipinski definition) is 2. The molecule has 0 radical (unpaired) electrons. The molecule has 1 atom stereocenters. The summed E-state index contributed by atoms with van der Waals surface area (Å²) in [6.45, 7) is 1.41. The zero-order valence-electron chi connectivity index (χ0n) is 13.2. The highest BCUT2D eigenvalue weighted by Crippen LogP contribution is 2.13. The van der Waals surface area contributed by atoms with Crippen LogP contribution in [0.2, 0.25) is 0 Å². The average Bonchev–Trinajstić information content (AvgIpc) is 2.59. The van der Waals surface area contributed by atoms with Crippen molar-refractivity contribution in [1.82, 2.24) is 10.6 Å². The Balaban J connectivity index is 1.87. The minimum Gasteiger partial charge on any atom is -0.396 e. The van der Waals surface area contributed by atoms with Crippen molar-refractivity contribution >= 4 is 21.9 Å². The van der Waals surface area contributed by atoms with Gasteiger partial charge in [0.15, 0.2) is 5.96 Å². The Bertz CT molecular complexity index is 631. The summed E-state index contributed by atoms with van der Waals surface area (Å²) in [6, 6.07) is 18.1. The highest BCUT2D eigenvalue weighted by molar-refractivity contribution is 9.10.